The summed E-state index contributed by atoms with van der Waals surface area (Å²) in [4.78, 5) is 28.6. The van der Waals surface area contributed by atoms with Gasteiger partial charge in [0.15, 0.2) is 0 Å². The number of nitrogens with one attached hydrogen (secondary N) is 4. The molecule has 20 heavy (non-hydrogen) atoms. The van der Waals surface area contributed by atoms with Crippen LogP contribution in [0.15, 0.2) is 23.0 Å². The second-order valence-electron chi connectivity index (χ2n) is 5.22. The van der Waals surface area contributed by atoms with Crippen molar-refractivity contribution in [2.45, 2.75) is 19.4 Å². The number of hydrogen-bond acceptors (Lipinski definition) is 3. The van der Waals surface area contributed by atoms with Crippen LogP contribution in [0.25, 0.3) is 11.0 Å². The molecule has 106 valence electrons. The van der Waals surface area contributed by atoms with Crippen LogP contribution < -0.4 is 16.3 Å². The molecule has 1 atom stereocenters. The van der Waals surface area contributed by atoms with Crippen molar-refractivity contribution in [3.8, 4) is 0 Å². The molecule has 2 aromatic rings. The van der Waals surface area contributed by atoms with Crippen LogP contribution in [-0.4, -0.2) is 29.0 Å². The first-order valence-electron chi connectivity index (χ1n) is 6.92. The van der Waals surface area contributed by atoms with Crippen molar-refractivity contribution in [3.05, 3.63) is 34.2 Å². The van der Waals surface area contributed by atoms with Gasteiger partial charge < -0.3 is 20.6 Å². The fraction of sp³-hybridized carbons (Fsp3) is 0.429. The van der Waals surface area contributed by atoms with E-state index in [1.165, 1.54) is 0 Å². The van der Waals surface area contributed by atoms with Crippen molar-refractivity contribution in [1.29, 1.82) is 0 Å². The normalized spacial score (nSPS) is 19.1. The van der Waals surface area contributed by atoms with E-state index in [1.807, 2.05) is 18.2 Å². The SMILES string of the molecule is O=C(NCc1ccc2[nH]c(=O)[nH]c2c1)C1CCCNC1. The van der Waals surface area contributed by atoms with Crippen molar-refractivity contribution >= 4 is 16.9 Å². The topological polar surface area (TPSA) is 89.8 Å². The lowest BCUT2D eigenvalue weighted by Gasteiger charge is -2.21. The molecule has 0 aliphatic carbocycles. The van der Waals surface area contributed by atoms with Crippen molar-refractivity contribution in [2.24, 2.45) is 5.92 Å². The number of carbonyl (C=O) groups excluding carboxylic acids is 1. The number of benzene rings is 1. The van der Waals surface area contributed by atoms with Gasteiger partial charge in [0.25, 0.3) is 0 Å². The Morgan fingerprint density at radius 2 is 2.15 bits per heavy atom. The zero-order chi connectivity index (χ0) is 13.9. The molecule has 1 aromatic carbocycles. The van der Waals surface area contributed by atoms with E-state index in [2.05, 4.69) is 20.6 Å². The highest BCUT2D eigenvalue weighted by Crippen LogP contribution is 2.12. The Bertz CT molecular complexity index is 667. The first-order chi connectivity index (χ1) is 9.72. The molecular formula is C14H18N4O2. The zero-order valence-corrected chi connectivity index (χ0v) is 11.2. The highest BCUT2D eigenvalue weighted by molar-refractivity contribution is 5.79. The molecule has 0 radical (unpaired) electrons. The molecule has 0 saturated carbocycles. The molecule has 1 fully saturated rings. The van der Waals surface area contributed by atoms with E-state index in [9.17, 15) is 9.59 Å². The van der Waals surface area contributed by atoms with Crippen LogP contribution in [0, 0.1) is 5.92 Å². The zero-order valence-electron chi connectivity index (χ0n) is 11.2. The number of aromatic nitrogens is 2. The summed E-state index contributed by atoms with van der Waals surface area (Å²) in [6.07, 6.45) is 2.00. The fourth-order valence-corrected chi connectivity index (χ4v) is 2.60. The number of piperidine rings is 1. The minimum atomic E-state index is -0.213. The maximum atomic E-state index is 12.0. The van der Waals surface area contributed by atoms with Crippen molar-refractivity contribution in [2.75, 3.05) is 13.1 Å². The molecule has 1 unspecified atom stereocenters. The number of carbonyl (C=O) groups is 1. The van der Waals surface area contributed by atoms with E-state index in [0.717, 1.165) is 42.5 Å². The predicted molar refractivity (Wildman–Crippen MR) is 76.4 cm³/mol. The summed E-state index contributed by atoms with van der Waals surface area (Å²) in [5, 5.41) is 6.20. The number of rotatable bonds is 3. The van der Waals surface area contributed by atoms with Gasteiger partial charge in [0.2, 0.25) is 5.91 Å². The quantitative estimate of drug-likeness (QED) is 0.656. The number of aromatic amines is 2. The van der Waals surface area contributed by atoms with Crippen LogP contribution in [0.1, 0.15) is 18.4 Å². The molecule has 2 heterocycles. The van der Waals surface area contributed by atoms with E-state index < -0.39 is 0 Å². The molecule has 1 aromatic heterocycles. The number of imidazole rings is 1. The van der Waals surface area contributed by atoms with Crippen LogP contribution in [0.2, 0.25) is 0 Å². The molecule has 6 nitrogen and oxygen atoms in total. The Morgan fingerprint density at radius 1 is 1.30 bits per heavy atom. The average Bonchev–Trinajstić information content (AvgIpc) is 2.85. The highest BCUT2D eigenvalue weighted by Gasteiger charge is 2.20. The largest absolute Gasteiger partial charge is 0.352 e. The maximum Gasteiger partial charge on any atom is 0.323 e. The van der Waals surface area contributed by atoms with Gasteiger partial charge >= 0.3 is 5.69 Å². The van der Waals surface area contributed by atoms with Gasteiger partial charge in [-0.05, 0) is 37.1 Å². The monoisotopic (exact) mass is 274 g/mol. The Labute approximate surface area is 116 Å². The molecule has 0 bridgehead atoms. The van der Waals surface area contributed by atoms with Crippen molar-refractivity contribution in [1.82, 2.24) is 20.6 Å². The molecular weight excluding hydrogens is 256 g/mol. The highest BCUT2D eigenvalue weighted by atomic mass is 16.2. The van der Waals surface area contributed by atoms with Crippen molar-refractivity contribution < 1.29 is 4.79 Å². The third-order valence-electron chi connectivity index (χ3n) is 3.71. The fourth-order valence-electron chi connectivity index (χ4n) is 2.60. The average molecular weight is 274 g/mol. The summed E-state index contributed by atoms with van der Waals surface area (Å²) < 4.78 is 0. The summed E-state index contributed by atoms with van der Waals surface area (Å²) in [5.74, 6) is 0.166. The molecule has 0 spiro atoms. The van der Waals surface area contributed by atoms with Gasteiger partial charge in [-0.1, -0.05) is 6.07 Å². The van der Waals surface area contributed by atoms with E-state index >= 15 is 0 Å². The van der Waals surface area contributed by atoms with Gasteiger partial charge in [-0.2, -0.15) is 0 Å². The molecule has 1 amide bonds. The second-order valence-corrected chi connectivity index (χ2v) is 5.22. The van der Waals surface area contributed by atoms with Gasteiger partial charge in [0, 0.05) is 13.1 Å². The summed E-state index contributed by atoms with van der Waals surface area (Å²) in [6, 6.07) is 5.63. The minimum Gasteiger partial charge on any atom is -0.352 e. The molecule has 1 aliphatic heterocycles. The predicted octanol–water partition coefficient (Wildman–Crippen LogP) is 0.472. The summed E-state index contributed by atoms with van der Waals surface area (Å²) in [5.41, 5.74) is 2.31. The van der Waals surface area contributed by atoms with Crippen LogP contribution >= 0.6 is 0 Å². The van der Waals surface area contributed by atoms with Gasteiger partial charge in [0.1, 0.15) is 0 Å². The van der Waals surface area contributed by atoms with Crippen LogP contribution in [-0.2, 0) is 11.3 Å². The van der Waals surface area contributed by atoms with Crippen molar-refractivity contribution in [3.63, 3.8) is 0 Å². The molecule has 3 rings (SSSR count). The molecule has 4 N–H and O–H groups in total. The van der Waals surface area contributed by atoms with Crippen LogP contribution in [0.5, 0.6) is 0 Å². The van der Waals surface area contributed by atoms with Gasteiger partial charge in [-0.15, -0.1) is 0 Å². The molecule has 6 heteroatoms. The summed E-state index contributed by atoms with van der Waals surface area (Å²) in [7, 11) is 0. The van der Waals surface area contributed by atoms with E-state index in [-0.39, 0.29) is 17.5 Å². The molecule has 1 saturated heterocycles. The van der Waals surface area contributed by atoms with Gasteiger partial charge in [0.05, 0.1) is 17.0 Å². The lowest BCUT2D eigenvalue weighted by Crippen LogP contribution is -2.40. The standard InChI is InChI=1S/C14H18N4O2/c19-13(10-2-1-5-15-8-10)16-7-9-3-4-11-12(6-9)18-14(20)17-11/h3-4,6,10,15H,1-2,5,7-8H2,(H,16,19)(H2,17,18,20). The van der Waals surface area contributed by atoms with E-state index in [0.29, 0.717) is 6.54 Å². The Morgan fingerprint density at radius 3 is 2.95 bits per heavy atom. The third-order valence-corrected chi connectivity index (χ3v) is 3.71. The summed E-state index contributed by atoms with van der Waals surface area (Å²) in [6.45, 7) is 2.25. The minimum absolute atomic E-state index is 0.0690. The van der Waals surface area contributed by atoms with Gasteiger partial charge in [-0.3, -0.25) is 4.79 Å². The van der Waals surface area contributed by atoms with Gasteiger partial charge in [-0.25, -0.2) is 4.79 Å². The lowest BCUT2D eigenvalue weighted by atomic mass is 9.99. The maximum absolute atomic E-state index is 12.0. The number of amides is 1. The second kappa shape index (κ2) is 5.50. The van der Waals surface area contributed by atoms with E-state index in [1.54, 1.807) is 0 Å². The third kappa shape index (κ3) is 2.75. The molecule has 1 aliphatic rings. The van der Waals surface area contributed by atoms with Crippen LogP contribution in [0.3, 0.4) is 0 Å². The first-order valence-corrected chi connectivity index (χ1v) is 6.92. The number of H-pyrrole nitrogens is 2. The number of fused-ring (bicyclic) bond motifs is 1. The summed E-state index contributed by atoms with van der Waals surface area (Å²) >= 11 is 0. The number of hydrogen-bond donors (Lipinski definition) is 4. The Hall–Kier alpha value is -2.08. The van der Waals surface area contributed by atoms with E-state index in [4.69, 9.17) is 0 Å². The smallest absolute Gasteiger partial charge is 0.323 e. The first kappa shape index (κ1) is 12.9. The lowest BCUT2D eigenvalue weighted by molar-refractivity contribution is -0.125. The van der Waals surface area contributed by atoms with Crippen LogP contribution in [0.4, 0.5) is 0 Å². The Balaban J connectivity index is 1.64. The Kier molecular flexibility index (Phi) is 3.56.